The highest BCUT2D eigenvalue weighted by Gasteiger charge is 2.38. The van der Waals surface area contributed by atoms with Crippen LogP contribution in [0.15, 0.2) is 24.3 Å². The van der Waals surface area contributed by atoms with E-state index in [9.17, 15) is 15.3 Å². The Kier molecular flexibility index (Phi) is 10.9. The molecule has 3 rings (SSSR count). The summed E-state index contributed by atoms with van der Waals surface area (Å²) in [6, 6.07) is 8.66. The third kappa shape index (κ3) is 7.79. The van der Waals surface area contributed by atoms with Crippen LogP contribution in [-0.2, 0) is 4.74 Å². The van der Waals surface area contributed by atoms with Gasteiger partial charge in [0.05, 0.1) is 17.8 Å². The van der Waals surface area contributed by atoms with E-state index in [2.05, 4.69) is 52.0 Å². The van der Waals surface area contributed by atoms with Gasteiger partial charge in [0.1, 0.15) is 0 Å². The van der Waals surface area contributed by atoms with E-state index in [0.29, 0.717) is 11.8 Å². The third-order valence-electron chi connectivity index (χ3n) is 9.53. The Morgan fingerprint density at radius 1 is 0.778 bits per heavy atom. The Bertz CT molecular complexity index is 723. The summed E-state index contributed by atoms with van der Waals surface area (Å²) in [5, 5.41) is 32.6. The van der Waals surface area contributed by atoms with Crippen LogP contribution >= 0.6 is 0 Å². The highest BCUT2D eigenvalue weighted by Crippen LogP contribution is 2.45. The summed E-state index contributed by atoms with van der Waals surface area (Å²) in [6.07, 6.45) is 12.1. The van der Waals surface area contributed by atoms with E-state index in [-0.39, 0.29) is 41.7 Å². The molecule has 4 nitrogen and oxygen atoms in total. The Labute approximate surface area is 220 Å². The average Bonchev–Trinajstić information content (AvgIpc) is 2.86. The minimum absolute atomic E-state index is 0.0431. The first-order chi connectivity index (χ1) is 17.1. The van der Waals surface area contributed by atoms with Crippen molar-refractivity contribution in [3.8, 4) is 0 Å². The highest BCUT2D eigenvalue weighted by atomic mass is 16.5. The third-order valence-corrected chi connectivity index (χ3v) is 9.53. The van der Waals surface area contributed by atoms with Gasteiger partial charge >= 0.3 is 0 Å². The zero-order valence-corrected chi connectivity index (χ0v) is 23.7. The molecule has 0 spiro atoms. The number of aliphatic hydroxyl groups excluding tert-OH is 3. The maximum atomic E-state index is 11.5. The summed E-state index contributed by atoms with van der Waals surface area (Å²) < 4.78 is 5.60. The zero-order valence-electron chi connectivity index (χ0n) is 23.7. The van der Waals surface area contributed by atoms with Crippen LogP contribution in [0.25, 0.3) is 0 Å². The van der Waals surface area contributed by atoms with E-state index in [1.165, 1.54) is 11.1 Å². The van der Waals surface area contributed by atoms with Crippen molar-refractivity contribution < 1.29 is 20.1 Å². The summed E-state index contributed by atoms with van der Waals surface area (Å²) in [5.41, 5.74) is 2.40. The lowest BCUT2D eigenvalue weighted by molar-refractivity contribution is 0.00533. The van der Waals surface area contributed by atoms with Gasteiger partial charge in [-0.25, -0.2) is 0 Å². The lowest BCUT2D eigenvalue weighted by Gasteiger charge is -2.40. The van der Waals surface area contributed by atoms with E-state index in [1.54, 1.807) is 7.11 Å². The molecule has 3 N–H and O–H groups in total. The number of hydrogen-bond donors (Lipinski definition) is 3. The monoisotopic (exact) mass is 502 g/mol. The molecule has 0 saturated heterocycles. The van der Waals surface area contributed by atoms with Gasteiger partial charge in [0.15, 0.2) is 0 Å². The smallest absolute Gasteiger partial charge is 0.0636 e. The van der Waals surface area contributed by atoms with Crippen molar-refractivity contribution in [2.45, 2.75) is 134 Å². The van der Waals surface area contributed by atoms with Crippen LogP contribution in [0.2, 0.25) is 0 Å². The summed E-state index contributed by atoms with van der Waals surface area (Å²) in [6.45, 7) is 8.72. The van der Waals surface area contributed by atoms with Gasteiger partial charge in [-0.3, -0.25) is 0 Å². The van der Waals surface area contributed by atoms with Crippen LogP contribution in [-0.4, -0.2) is 46.8 Å². The lowest BCUT2D eigenvalue weighted by Crippen LogP contribution is -2.35. The molecule has 6 atom stereocenters. The van der Waals surface area contributed by atoms with Gasteiger partial charge in [0, 0.05) is 25.6 Å². The van der Waals surface area contributed by atoms with Crippen molar-refractivity contribution >= 4 is 0 Å². The van der Waals surface area contributed by atoms with Gasteiger partial charge in [-0.2, -0.15) is 0 Å². The second-order valence-corrected chi connectivity index (χ2v) is 13.3. The molecule has 1 aromatic carbocycles. The quantitative estimate of drug-likeness (QED) is 0.289. The number of ether oxygens (including phenoxy) is 1. The van der Waals surface area contributed by atoms with Crippen molar-refractivity contribution in [2.75, 3.05) is 13.7 Å². The summed E-state index contributed by atoms with van der Waals surface area (Å²) in [7, 11) is 1.78. The molecule has 6 unspecified atom stereocenters. The number of aliphatic hydroxyl groups is 3. The van der Waals surface area contributed by atoms with Crippen molar-refractivity contribution in [1.29, 1.82) is 0 Å². The molecule has 2 aliphatic carbocycles. The molecule has 0 amide bonds. The lowest BCUT2D eigenvalue weighted by atomic mass is 9.68. The molecule has 0 bridgehead atoms. The first-order valence-corrected chi connectivity index (χ1v) is 14.7. The first-order valence-electron chi connectivity index (χ1n) is 14.7. The van der Waals surface area contributed by atoms with Crippen LogP contribution in [0, 0.1) is 17.3 Å². The van der Waals surface area contributed by atoms with Crippen molar-refractivity contribution in [3.63, 3.8) is 0 Å². The van der Waals surface area contributed by atoms with Gasteiger partial charge < -0.3 is 20.1 Å². The molecule has 0 aliphatic heterocycles. The van der Waals surface area contributed by atoms with Crippen LogP contribution in [0.3, 0.4) is 0 Å². The maximum absolute atomic E-state index is 11.5. The molecule has 206 valence electrons. The molecule has 0 heterocycles. The van der Waals surface area contributed by atoms with E-state index in [1.807, 2.05) is 0 Å². The normalized spacial score (nSPS) is 29.9. The summed E-state index contributed by atoms with van der Waals surface area (Å²) in [4.78, 5) is 0. The molecule has 1 aromatic rings. The fourth-order valence-corrected chi connectivity index (χ4v) is 6.85. The molecule has 0 radical (unpaired) electrons. The average molecular weight is 503 g/mol. The van der Waals surface area contributed by atoms with E-state index < -0.39 is 0 Å². The van der Waals surface area contributed by atoms with Crippen molar-refractivity contribution in [1.82, 2.24) is 0 Å². The topological polar surface area (TPSA) is 69.9 Å². The molecule has 2 saturated carbocycles. The Balaban J connectivity index is 1.68. The zero-order chi connectivity index (χ0) is 26.3. The van der Waals surface area contributed by atoms with Gasteiger partial charge in [-0.15, -0.1) is 0 Å². The van der Waals surface area contributed by atoms with E-state index in [4.69, 9.17) is 4.74 Å². The predicted molar refractivity (Wildman–Crippen MR) is 148 cm³/mol. The van der Waals surface area contributed by atoms with Crippen LogP contribution in [0.1, 0.15) is 128 Å². The molecule has 4 heteroatoms. The molecule has 2 fully saturated rings. The largest absolute Gasteiger partial charge is 0.396 e. The minimum Gasteiger partial charge on any atom is -0.396 e. The van der Waals surface area contributed by atoms with E-state index in [0.717, 1.165) is 77.0 Å². The second kappa shape index (κ2) is 13.2. The predicted octanol–water partition coefficient (Wildman–Crippen LogP) is 6.96. The summed E-state index contributed by atoms with van der Waals surface area (Å²) in [5.74, 6) is 0.969. The van der Waals surface area contributed by atoms with Gasteiger partial charge in [-0.1, -0.05) is 63.8 Å². The SMILES string of the molecule is COC(C)(C)CCCC1CCCC(c2ccccc2C2CCCC(CCCC(C)(C)CO)C2O)C1O. The maximum Gasteiger partial charge on any atom is 0.0636 e. The van der Waals surface area contributed by atoms with Gasteiger partial charge in [-0.05, 0) is 93.6 Å². The van der Waals surface area contributed by atoms with Crippen LogP contribution in [0.5, 0.6) is 0 Å². The molecular formula is C32H54O4. The number of benzene rings is 1. The molecule has 36 heavy (non-hydrogen) atoms. The van der Waals surface area contributed by atoms with E-state index >= 15 is 0 Å². The second-order valence-electron chi connectivity index (χ2n) is 13.3. The number of hydrogen-bond acceptors (Lipinski definition) is 4. The number of methoxy groups -OCH3 is 1. The number of rotatable bonds is 12. The Hall–Kier alpha value is -0.940. The Morgan fingerprint density at radius 2 is 1.25 bits per heavy atom. The van der Waals surface area contributed by atoms with Crippen molar-refractivity contribution in [3.05, 3.63) is 35.4 Å². The Morgan fingerprint density at radius 3 is 1.69 bits per heavy atom. The molecule has 2 aliphatic rings. The molecule has 0 aromatic heterocycles. The summed E-state index contributed by atoms with van der Waals surface area (Å²) >= 11 is 0. The van der Waals surface area contributed by atoms with Gasteiger partial charge in [0.25, 0.3) is 0 Å². The highest BCUT2D eigenvalue weighted by molar-refractivity contribution is 5.36. The standard InChI is InChI=1S/C32H54O4/c1-31(2,22-33)20-10-14-23-12-8-18-27(29(23)34)25-16-6-7-17-26(25)28-19-9-13-24(30(28)35)15-11-21-32(3,4)36-5/h6-7,16-17,23-24,27-30,33-35H,8-15,18-22H2,1-5H3. The van der Waals surface area contributed by atoms with Gasteiger partial charge in [0.2, 0.25) is 0 Å². The fraction of sp³-hybridized carbons (Fsp3) is 0.812. The van der Waals surface area contributed by atoms with Crippen LogP contribution < -0.4 is 0 Å². The molecular weight excluding hydrogens is 448 g/mol. The van der Waals surface area contributed by atoms with Crippen LogP contribution in [0.4, 0.5) is 0 Å². The van der Waals surface area contributed by atoms with Crippen molar-refractivity contribution in [2.24, 2.45) is 17.3 Å². The first kappa shape index (κ1) is 29.6. The minimum atomic E-state index is -0.329. The fourth-order valence-electron chi connectivity index (χ4n) is 6.85.